The van der Waals surface area contributed by atoms with E-state index in [-0.39, 0.29) is 13.1 Å². The summed E-state index contributed by atoms with van der Waals surface area (Å²) in [5, 5.41) is 2.51. The van der Waals surface area contributed by atoms with Crippen molar-refractivity contribution in [2.75, 3.05) is 27.2 Å². The van der Waals surface area contributed by atoms with E-state index in [9.17, 15) is 8.78 Å². The van der Waals surface area contributed by atoms with Crippen molar-refractivity contribution in [3.8, 4) is 0 Å². The average molecular weight is 192 g/mol. The fraction of sp³-hybridized carbons (Fsp3) is 1.00. The molecule has 2 nitrogen and oxygen atoms in total. The first kappa shape index (κ1) is 10.9. The molecular weight excluding hydrogens is 174 g/mol. The molecule has 0 heterocycles. The molecule has 0 bridgehead atoms. The van der Waals surface area contributed by atoms with E-state index in [1.165, 1.54) is 6.42 Å². The van der Waals surface area contributed by atoms with Crippen LogP contribution in [0.4, 0.5) is 8.78 Å². The van der Waals surface area contributed by atoms with Crippen LogP contribution < -0.4 is 5.32 Å². The van der Waals surface area contributed by atoms with E-state index in [1.54, 1.807) is 19.0 Å². The molecule has 1 aliphatic carbocycles. The first-order valence-electron chi connectivity index (χ1n) is 4.78. The van der Waals surface area contributed by atoms with Crippen molar-refractivity contribution in [1.82, 2.24) is 10.2 Å². The lowest BCUT2D eigenvalue weighted by atomic mass is 9.92. The molecule has 1 fully saturated rings. The summed E-state index contributed by atoms with van der Waals surface area (Å²) in [6.07, 6.45) is 3.34. The predicted octanol–water partition coefficient (Wildman–Crippen LogP) is 1.33. The highest BCUT2D eigenvalue weighted by Crippen LogP contribution is 2.25. The smallest absolute Gasteiger partial charge is 0.272 e. The van der Waals surface area contributed by atoms with Gasteiger partial charge in [0, 0.05) is 6.04 Å². The molecule has 0 aromatic heterocycles. The molecule has 0 radical (unpaired) electrons. The van der Waals surface area contributed by atoms with Crippen molar-refractivity contribution in [2.45, 2.75) is 31.2 Å². The summed E-state index contributed by atoms with van der Waals surface area (Å²) in [5.74, 6) is -2.60. The van der Waals surface area contributed by atoms with Gasteiger partial charge in [0.1, 0.15) is 0 Å². The van der Waals surface area contributed by atoms with Crippen LogP contribution >= 0.6 is 0 Å². The Morgan fingerprint density at radius 1 is 1.46 bits per heavy atom. The highest BCUT2D eigenvalue weighted by Gasteiger charge is 2.33. The third-order valence-corrected chi connectivity index (χ3v) is 2.61. The highest BCUT2D eigenvalue weighted by molar-refractivity contribution is 4.82. The molecule has 0 saturated heterocycles. The number of hydrogen-bond acceptors (Lipinski definition) is 2. The van der Waals surface area contributed by atoms with Crippen LogP contribution in [0.3, 0.4) is 0 Å². The highest BCUT2D eigenvalue weighted by atomic mass is 19.3. The Kier molecular flexibility index (Phi) is 3.62. The first-order chi connectivity index (χ1) is 6.05. The summed E-state index contributed by atoms with van der Waals surface area (Å²) in [6.45, 7) is -0.359. The van der Waals surface area contributed by atoms with Gasteiger partial charge in [-0.2, -0.15) is 0 Å². The van der Waals surface area contributed by atoms with Gasteiger partial charge in [-0.15, -0.1) is 0 Å². The number of alkyl halides is 2. The Morgan fingerprint density at radius 2 is 2.08 bits per heavy atom. The van der Waals surface area contributed by atoms with E-state index < -0.39 is 5.92 Å². The van der Waals surface area contributed by atoms with Crippen molar-refractivity contribution in [2.24, 2.45) is 0 Å². The SMILES string of the molecule is CNCC(F)(F)CN(C)C1CCC1. The fourth-order valence-electron chi connectivity index (χ4n) is 1.64. The Labute approximate surface area is 78.3 Å². The van der Waals surface area contributed by atoms with E-state index in [0.717, 1.165) is 12.8 Å². The molecule has 1 saturated carbocycles. The van der Waals surface area contributed by atoms with Crippen molar-refractivity contribution < 1.29 is 8.78 Å². The molecule has 1 N–H and O–H groups in total. The lowest BCUT2D eigenvalue weighted by Gasteiger charge is -2.36. The molecule has 0 aromatic rings. The van der Waals surface area contributed by atoms with Crippen LogP contribution in [0, 0.1) is 0 Å². The maximum Gasteiger partial charge on any atom is 0.272 e. The van der Waals surface area contributed by atoms with E-state index in [1.807, 2.05) is 0 Å². The van der Waals surface area contributed by atoms with Gasteiger partial charge >= 0.3 is 0 Å². The van der Waals surface area contributed by atoms with Gasteiger partial charge in [-0.05, 0) is 26.9 Å². The summed E-state index contributed by atoms with van der Waals surface area (Å²) >= 11 is 0. The predicted molar refractivity (Wildman–Crippen MR) is 49.1 cm³/mol. The van der Waals surface area contributed by atoms with Crippen molar-refractivity contribution in [3.63, 3.8) is 0 Å². The zero-order valence-electron chi connectivity index (χ0n) is 8.32. The molecule has 13 heavy (non-hydrogen) atoms. The van der Waals surface area contributed by atoms with E-state index in [0.29, 0.717) is 6.04 Å². The van der Waals surface area contributed by atoms with Crippen LogP contribution in [-0.4, -0.2) is 44.0 Å². The zero-order valence-corrected chi connectivity index (χ0v) is 8.32. The Morgan fingerprint density at radius 3 is 2.46 bits per heavy atom. The minimum absolute atomic E-state index is 0.126. The number of nitrogens with one attached hydrogen (secondary N) is 1. The summed E-state index contributed by atoms with van der Waals surface area (Å²) < 4.78 is 26.2. The summed E-state index contributed by atoms with van der Waals surface area (Å²) in [6, 6.07) is 0.391. The Bertz CT molecular complexity index is 158. The average Bonchev–Trinajstić information content (AvgIpc) is 1.79. The van der Waals surface area contributed by atoms with Gasteiger partial charge in [0.15, 0.2) is 0 Å². The van der Waals surface area contributed by atoms with Gasteiger partial charge in [-0.1, -0.05) is 6.42 Å². The zero-order chi connectivity index (χ0) is 9.90. The third kappa shape index (κ3) is 3.19. The number of halogens is 2. The normalized spacial score (nSPS) is 19.2. The molecule has 1 aliphatic rings. The molecule has 0 aromatic carbocycles. The van der Waals surface area contributed by atoms with Crippen LogP contribution in [0.15, 0.2) is 0 Å². The lowest BCUT2D eigenvalue weighted by molar-refractivity contribution is -0.0400. The number of hydrogen-bond donors (Lipinski definition) is 1. The maximum atomic E-state index is 13.1. The molecule has 0 unspecified atom stereocenters. The molecular formula is C9H18F2N2. The summed E-state index contributed by atoms with van der Waals surface area (Å²) in [7, 11) is 3.34. The van der Waals surface area contributed by atoms with Gasteiger partial charge in [-0.3, -0.25) is 4.90 Å². The summed E-state index contributed by atoms with van der Waals surface area (Å²) in [4.78, 5) is 1.78. The van der Waals surface area contributed by atoms with Crippen LogP contribution in [0.25, 0.3) is 0 Å². The molecule has 0 amide bonds. The quantitative estimate of drug-likeness (QED) is 0.707. The molecule has 4 heteroatoms. The third-order valence-electron chi connectivity index (χ3n) is 2.61. The topological polar surface area (TPSA) is 15.3 Å². The number of rotatable bonds is 5. The minimum atomic E-state index is -2.60. The van der Waals surface area contributed by atoms with Gasteiger partial charge in [0.25, 0.3) is 5.92 Å². The van der Waals surface area contributed by atoms with Crippen LogP contribution in [0.1, 0.15) is 19.3 Å². The van der Waals surface area contributed by atoms with Gasteiger partial charge in [-0.25, -0.2) is 8.78 Å². The second-order valence-corrected chi connectivity index (χ2v) is 3.89. The van der Waals surface area contributed by atoms with E-state index in [4.69, 9.17) is 0 Å². The minimum Gasteiger partial charge on any atom is -0.314 e. The molecule has 0 aliphatic heterocycles. The van der Waals surface area contributed by atoms with E-state index in [2.05, 4.69) is 5.32 Å². The van der Waals surface area contributed by atoms with Crippen molar-refractivity contribution >= 4 is 0 Å². The van der Waals surface area contributed by atoms with Crippen LogP contribution in [0.2, 0.25) is 0 Å². The number of nitrogens with zero attached hydrogens (tertiary/aromatic N) is 1. The van der Waals surface area contributed by atoms with Crippen LogP contribution in [0.5, 0.6) is 0 Å². The van der Waals surface area contributed by atoms with Gasteiger partial charge < -0.3 is 5.32 Å². The molecule has 78 valence electrons. The van der Waals surface area contributed by atoms with Crippen molar-refractivity contribution in [1.29, 1.82) is 0 Å². The fourth-order valence-corrected chi connectivity index (χ4v) is 1.64. The van der Waals surface area contributed by atoms with Crippen LogP contribution in [-0.2, 0) is 0 Å². The van der Waals surface area contributed by atoms with Gasteiger partial charge in [0.05, 0.1) is 13.1 Å². The first-order valence-corrected chi connectivity index (χ1v) is 4.78. The second kappa shape index (κ2) is 4.33. The Balaban J connectivity index is 2.28. The standard InChI is InChI=1S/C9H18F2N2/c1-12-6-9(10,11)7-13(2)8-4-3-5-8/h8,12H,3-7H2,1-2H3. The second-order valence-electron chi connectivity index (χ2n) is 3.89. The largest absolute Gasteiger partial charge is 0.314 e. The molecule has 0 spiro atoms. The van der Waals surface area contributed by atoms with Gasteiger partial charge in [0.2, 0.25) is 0 Å². The molecule has 0 atom stereocenters. The maximum absolute atomic E-state index is 13.1. The molecule has 1 rings (SSSR count). The monoisotopic (exact) mass is 192 g/mol. The summed E-state index contributed by atoms with van der Waals surface area (Å²) in [5.41, 5.74) is 0. The Hall–Kier alpha value is -0.220. The van der Waals surface area contributed by atoms with E-state index >= 15 is 0 Å². The lowest BCUT2D eigenvalue weighted by Crippen LogP contribution is -2.47. The van der Waals surface area contributed by atoms with Crippen molar-refractivity contribution in [3.05, 3.63) is 0 Å².